The van der Waals surface area contributed by atoms with Crippen molar-refractivity contribution < 1.29 is 0 Å². The SMILES string of the molecule is CCCC(C(C)C1CCC(CCC(C)C)C1)C(C)C(CC)CC(C)(C)CC. The molecule has 0 heterocycles. The Bertz CT molecular complexity index is 379. The highest BCUT2D eigenvalue weighted by Crippen LogP contribution is 2.46. The van der Waals surface area contributed by atoms with Gasteiger partial charge in [-0.15, -0.1) is 0 Å². The van der Waals surface area contributed by atoms with Crippen LogP contribution in [0.2, 0.25) is 0 Å². The molecule has 1 aliphatic carbocycles. The molecule has 0 aromatic rings. The molecule has 162 valence electrons. The second-order valence-corrected chi connectivity index (χ2v) is 11.5. The molecule has 1 saturated carbocycles. The molecule has 0 saturated heterocycles. The van der Waals surface area contributed by atoms with Crippen LogP contribution < -0.4 is 0 Å². The second-order valence-electron chi connectivity index (χ2n) is 11.5. The maximum absolute atomic E-state index is 2.63. The highest BCUT2D eigenvalue weighted by Gasteiger charge is 2.37. The minimum atomic E-state index is 0.504. The Morgan fingerprint density at radius 3 is 2.11 bits per heavy atom. The molecule has 0 nitrogen and oxygen atoms in total. The van der Waals surface area contributed by atoms with E-state index in [0.29, 0.717) is 5.41 Å². The normalized spacial score (nSPS) is 25.6. The zero-order valence-electron chi connectivity index (χ0n) is 20.6. The van der Waals surface area contributed by atoms with Gasteiger partial charge in [-0.1, -0.05) is 107 Å². The van der Waals surface area contributed by atoms with Crippen LogP contribution in [0.1, 0.15) is 127 Å². The van der Waals surface area contributed by atoms with Crippen LogP contribution in [-0.4, -0.2) is 0 Å². The van der Waals surface area contributed by atoms with E-state index < -0.39 is 0 Å². The van der Waals surface area contributed by atoms with Crippen molar-refractivity contribution in [2.75, 3.05) is 0 Å². The smallest absolute Gasteiger partial charge is 0.0354 e. The number of hydrogen-bond donors (Lipinski definition) is 0. The van der Waals surface area contributed by atoms with Crippen molar-refractivity contribution in [1.82, 2.24) is 0 Å². The summed E-state index contributed by atoms with van der Waals surface area (Å²) in [6.45, 7) is 22.2. The monoisotopic (exact) mass is 378 g/mol. The van der Waals surface area contributed by atoms with Crippen molar-refractivity contribution in [2.45, 2.75) is 127 Å². The Labute approximate surface area is 173 Å². The third kappa shape index (κ3) is 8.10. The van der Waals surface area contributed by atoms with Crippen LogP contribution in [0.15, 0.2) is 0 Å². The predicted octanol–water partition coefficient (Wildman–Crippen LogP) is 9.38. The van der Waals surface area contributed by atoms with Gasteiger partial charge in [0, 0.05) is 0 Å². The van der Waals surface area contributed by atoms with Gasteiger partial charge in [0.05, 0.1) is 0 Å². The van der Waals surface area contributed by atoms with Gasteiger partial charge in [0.2, 0.25) is 0 Å². The van der Waals surface area contributed by atoms with Crippen LogP contribution in [0.5, 0.6) is 0 Å². The van der Waals surface area contributed by atoms with Crippen molar-refractivity contribution >= 4 is 0 Å². The summed E-state index contributed by atoms with van der Waals surface area (Å²) in [7, 11) is 0. The van der Waals surface area contributed by atoms with Crippen molar-refractivity contribution in [2.24, 2.45) is 46.8 Å². The van der Waals surface area contributed by atoms with Crippen molar-refractivity contribution in [3.8, 4) is 0 Å². The van der Waals surface area contributed by atoms with Crippen LogP contribution in [0, 0.1) is 46.8 Å². The fourth-order valence-electron chi connectivity index (χ4n) is 6.02. The molecule has 1 rings (SSSR count). The van der Waals surface area contributed by atoms with Crippen LogP contribution in [-0.2, 0) is 0 Å². The van der Waals surface area contributed by atoms with Crippen LogP contribution >= 0.6 is 0 Å². The summed E-state index contributed by atoms with van der Waals surface area (Å²) in [5, 5.41) is 0. The van der Waals surface area contributed by atoms with E-state index in [2.05, 4.69) is 62.3 Å². The zero-order chi connectivity index (χ0) is 20.6. The first-order chi connectivity index (χ1) is 12.6. The molecule has 1 fully saturated rings. The molecule has 6 atom stereocenters. The molecule has 1 aliphatic rings. The maximum atomic E-state index is 2.63. The lowest BCUT2D eigenvalue weighted by Gasteiger charge is -2.40. The van der Waals surface area contributed by atoms with Gasteiger partial charge >= 0.3 is 0 Å². The maximum Gasteiger partial charge on any atom is -0.0354 e. The lowest BCUT2D eigenvalue weighted by Crippen LogP contribution is -2.31. The Kier molecular flexibility index (Phi) is 11.0. The average Bonchev–Trinajstić information content (AvgIpc) is 3.10. The van der Waals surface area contributed by atoms with Gasteiger partial charge in [-0.2, -0.15) is 0 Å². The van der Waals surface area contributed by atoms with Crippen LogP contribution in [0.4, 0.5) is 0 Å². The van der Waals surface area contributed by atoms with E-state index in [4.69, 9.17) is 0 Å². The lowest BCUT2D eigenvalue weighted by molar-refractivity contribution is 0.0983. The number of rotatable bonds is 13. The van der Waals surface area contributed by atoms with Crippen molar-refractivity contribution in [3.63, 3.8) is 0 Å². The predicted molar refractivity (Wildman–Crippen MR) is 124 cm³/mol. The van der Waals surface area contributed by atoms with E-state index in [1.54, 1.807) is 0 Å². The van der Waals surface area contributed by atoms with E-state index in [-0.39, 0.29) is 0 Å². The first-order valence-corrected chi connectivity index (χ1v) is 12.6. The molecular formula is C27H54. The summed E-state index contributed by atoms with van der Waals surface area (Å²) in [4.78, 5) is 0. The molecule has 0 spiro atoms. The molecule has 6 unspecified atom stereocenters. The molecule has 0 aromatic carbocycles. The van der Waals surface area contributed by atoms with Gasteiger partial charge in [-0.05, 0) is 66.1 Å². The summed E-state index contributed by atoms with van der Waals surface area (Å²) in [5.74, 6) is 6.53. The summed E-state index contributed by atoms with van der Waals surface area (Å²) >= 11 is 0. The topological polar surface area (TPSA) is 0 Å². The van der Waals surface area contributed by atoms with Gasteiger partial charge in [-0.3, -0.25) is 0 Å². The number of hydrogen-bond acceptors (Lipinski definition) is 0. The van der Waals surface area contributed by atoms with Gasteiger partial charge in [0.1, 0.15) is 0 Å². The fourth-order valence-corrected chi connectivity index (χ4v) is 6.02. The molecule has 0 aliphatic heterocycles. The highest BCUT2D eigenvalue weighted by molar-refractivity contribution is 4.87. The van der Waals surface area contributed by atoms with E-state index in [1.165, 1.54) is 64.2 Å². The molecule has 27 heavy (non-hydrogen) atoms. The summed E-state index contributed by atoms with van der Waals surface area (Å²) in [6.07, 6.45) is 14.3. The molecule has 0 aromatic heterocycles. The van der Waals surface area contributed by atoms with Crippen LogP contribution in [0.25, 0.3) is 0 Å². The summed E-state index contributed by atoms with van der Waals surface area (Å²) in [6, 6.07) is 0. The van der Waals surface area contributed by atoms with E-state index >= 15 is 0 Å². The highest BCUT2D eigenvalue weighted by atomic mass is 14.4. The quantitative estimate of drug-likeness (QED) is 0.299. The minimum absolute atomic E-state index is 0.504. The van der Waals surface area contributed by atoms with Gasteiger partial charge in [0.15, 0.2) is 0 Å². The largest absolute Gasteiger partial charge is 0.0654 e. The Balaban J connectivity index is 2.74. The van der Waals surface area contributed by atoms with Gasteiger partial charge < -0.3 is 0 Å². The molecule has 0 N–H and O–H groups in total. The second kappa shape index (κ2) is 11.9. The van der Waals surface area contributed by atoms with E-state index in [9.17, 15) is 0 Å². The first-order valence-electron chi connectivity index (χ1n) is 12.6. The zero-order valence-corrected chi connectivity index (χ0v) is 20.6. The Hall–Kier alpha value is 0. The molecule has 0 amide bonds. The van der Waals surface area contributed by atoms with Crippen LogP contribution in [0.3, 0.4) is 0 Å². The third-order valence-corrected chi connectivity index (χ3v) is 8.49. The Morgan fingerprint density at radius 2 is 1.59 bits per heavy atom. The van der Waals surface area contributed by atoms with E-state index in [1.807, 2.05) is 0 Å². The van der Waals surface area contributed by atoms with Crippen molar-refractivity contribution in [1.29, 1.82) is 0 Å². The lowest BCUT2D eigenvalue weighted by atomic mass is 9.66. The van der Waals surface area contributed by atoms with Gasteiger partial charge in [0.25, 0.3) is 0 Å². The minimum Gasteiger partial charge on any atom is -0.0654 e. The molecule has 0 radical (unpaired) electrons. The fraction of sp³-hybridized carbons (Fsp3) is 1.00. The Morgan fingerprint density at radius 1 is 0.926 bits per heavy atom. The van der Waals surface area contributed by atoms with E-state index in [0.717, 1.165) is 41.4 Å². The standard InChI is InChI=1S/C27H54/c1-10-13-26(21(6)24(11-2)19-27(8,9)12-3)22(7)25-17-16-23(18-25)15-14-20(4)5/h20-26H,10-19H2,1-9H3. The molecular weight excluding hydrogens is 324 g/mol. The summed E-state index contributed by atoms with van der Waals surface area (Å²) < 4.78 is 0. The summed E-state index contributed by atoms with van der Waals surface area (Å²) in [5.41, 5.74) is 0.504. The first kappa shape index (κ1) is 25.0. The third-order valence-electron chi connectivity index (χ3n) is 8.49. The average molecular weight is 379 g/mol. The molecule has 0 bridgehead atoms. The molecule has 0 heteroatoms. The van der Waals surface area contributed by atoms with Crippen molar-refractivity contribution in [3.05, 3.63) is 0 Å². The van der Waals surface area contributed by atoms with Gasteiger partial charge in [-0.25, -0.2) is 0 Å².